The quantitative estimate of drug-likeness (QED) is 0.664. The molecule has 1 atom stereocenters. The molecule has 1 aromatic rings. The van der Waals surface area contributed by atoms with E-state index in [2.05, 4.69) is 6.92 Å². The number of carbonyl (C=O) groups excluding carboxylic acids is 1. The zero-order valence-electron chi connectivity index (χ0n) is 11.9. The number of likely N-dealkylation sites (tertiary alicyclic amines) is 1. The Morgan fingerprint density at radius 2 is 2.15 bits per heavy atom. The zero-order chi connectivity index (χ0) is 14.4. The summed E-state index contributed by atoms with van der Waals surface area (Å²) in [4.78, 5) is 13.5. The summed E-state index contributed by atoms with van der Waals surface area (Å²) < 4.78 is 11.0. The van der Waals surface area contributed by atoms with Gasteiger partial charge in [-0.15, -0.1) is 0 Å². The Balaban J connectivity index is 1.77. The highest BCUT2D eigenvalue weighted by Crippen LogP contribution is 2.20. The van der Waals surface area contributed by atoms with E-state index < -0.39 is 0 Å². The second kappa shape index (κ2) is 7.03. The standard InChI is InChI=1S/C15H22N2O3/c1-2-3-10-19-15(18)17-9-8-14(11-17)20-13-6-4-12(16)5-7-13/h4-7,14H,2-3,8-11,16H2,1H3/t14-/m1/s1. The number of hydrogen-bond donors (Lipinski definition) is 1. The molecule has 1 aromatic carbocycles. The van der Waals surface area contributed by atoms with Crippen LogP contribution >= 0.6 is 0 Å². The van der Waals surface area contributed by atoms with Gasteiger partial charge in [-0.25, -0.2) is 4.79 Å². The van der Waals surface area contributed by atoms with Crippen LogP contribution in [0.4, 0.5) is 10.5 Å². The van der Waals surface area contributed by atoms with Crippen LogP contribution in [0.2, 0.25) is 0 Å². The van der Waals surface area contributed by atoms with E-state index in [0.29, 0.717) is 25.4 Å². The highest BCUT2D eigenvalue weighted by atomic mass is 16.6. The third-order valence-corrected chi connectivity index (χ3v) is 3.31. The number of nitrogens with zero attached hydrogens (tertiary/aromatic N) is 1. The fraction of sp³-hybridized carbons (Fsp3) is 0.533. The van der Waals surface area contributed by atoms with Crippen molar-refractivity contribution in [3.05, 3.63) is 24.3 Å². The Bertz CT molecular complexity index is 433. The summed E-state index contributed by atoms with van der Waals surface area (Å²) in [6, 6.07) is 7.30. The van der Waals surface area contributed by atoms with Crippen LogP contribution < -0.4 is 10.5 Å². The summed E-state index contributed by atoms with van der Waals surface area (Å²) in [5.41, 5.74) is 6.34. The summed E-state index contributed by atoms with van der Waals surface area (Å²) in [5.74, 6) is 0.783. The molecule has 1 aliphatic rings. The maximum absolute atomic E-state index is 11.8. The van der Waals surface area contributed by atoms with Gasteiger partial charge >= 0.3 is 6.09 Å². The molecule has 2 N–H and O–H groups in total. The molecule has 1 fully saturated rings. The van der Waals surface area contributed by atoms with Crippen molar-refractivity contribution in [1.29, 1.82) is 0 Å². The van der Waals surface area contributed by atoms with Gasteiger partial charge in [0.2, 0.25) is 0 Å². The smallest absolute Gasteiger partial charge is 0.409 e. The number of nitrogen functional groups attached to an aromatic ring is 1. The highest BCUT2D eigenvalue weighted by molar-refractivity contribution is 5.68. The predicted molar refractivity (Wildman–Crippen MR) is 77.7 cm³/mol. The average molecular weight is 278 g/mol. The van der Waals surface area contributed by atoms with Crippen LogP contribution in [0, 0.1) is 0 Å². The second-order valence-electron chi connectivity index (χ2n) is 5.01. The van der Waals surface area contributed by atoms with Gasteiger partial charge in [0.1, 0.15) is 11.9 Å². The van der Waals surface area contributed by atoms with Gasteiger partial charge < -0.3 is 20.1 Å². The van der Waals surface area contributed by atoms with Crippen LogP contribution in [0.15, 0.2) is 24.3 Å². The molecular formula is C15H22N2O3. The van der Waals surface area contributed by atoms with Gasteiger partial charge in [0.25, 0.3) is 0 Å². The lowest BCUT2D eigenvalue weighted by atomic mass is 10.3. The Morgan fingerprint density at radius 3 is 2.85 bits per heavy atom. The zero-order valence-corrected chi connectivity index (χ0v) is 11.9. The first-order valence-electron chi connectivity index (χ1n) is 7.13. The first-order chi connectivity index (χ1) is 9.69. The third-order valence-electron chi connectivity index (χ3n) is 3.31. The molecule has 1 heterocycles. The van der Waals surface area contributed by atoms with Crippen molar-refractivity contribution in [3.8, 4) is 5.75 Å². The van der Waals surface area contributed by atoms with Crippen molar-refractivity contribution in [2.24, 2.45) is 0 Å². The number of anilines is 1. The fourth-order valence-electron chi connectivity index (χ4n) is 2.12. The number of ether oxygens (including phenoxy) is 2. The molecule has 0 aromatic heterocycles. The number of nitrogens with two attached hydrogens (primary N) is 1. The fourth-order valence-corrected chi connectivity index (χ4v) is 2.12. The molecular weight excluding hydrogens is 256 g/mol. The van der Waals surface area contributed by atoms with E-state index in [0.717, 1.165) is 25.0 Å². The van der Waals surface area contributed by atoms with Gasteiger partial charge in [-0.05, 0) is 30.7 Å². The van der Waals surface area contributed by atoms with Crippen molar-refractivity contribution in [3.63, 3.8) is 0 Å². The molecule has 0 saturated carbocycles. The van der Waals surface area contributed by atoms with Crippen LogP contribution in [0.1, 0.15) is 26.2 Å². The minimum absolute atomic E-state index is 0.0253. The van der Waals surface area contributed by atoms with E-state index in [4.69, 9.17) is 15.2 Å². The number of unbranched alkanes of at least 4 members (excludes halogenated alkanes) is 1. The molecule has 0 unspecified atom stereocenters. The van der Waals surface area contributed by atoms with Crippen LogP contribution in [-0.4, -0.2) is 36.8 Å². The van der Waals surface area contributed by atoms with Crippen LogP contribution in [0.5, 0.6) is 5.75 Å². The van der Waals surface area contributed by atoms with E-state index in [1.807, 2.05) is 12.1 Å². The Labute approximate surface area is 119 Å². The molecule has 0 aliphatic carbocycles. The molecule has 20 heavy (non-hydrogen) atoms. The van der Waals surface area contributed by atoms with Crippen molar-refractivity contribution in [1.82, 2.24) is 4.90 Å². The first-order valence-corrected chi connectivity index (χ1v) is 7.13. The van der Waals surface area contributed by atoms with Gasteiger partial charge in [-0.2, -0.15) is 0 Å². The topological polar surface area (TPSA) is 64.8 Å². The van der Waals surface area contributed by atoms with Crippen LogP contribution in [-0.2, 0) is 4.74 Å². The second-order valence-corrected chi connectivity index (χ2v) is 5.01. The largest absolute Gasteiger partial charge is 0.489 e. The lowest BCUT2D eigenvalue weighted by Gasteiger charge is -2.17. The summed E-state index contributed by atoms with van der Waals surface area (Å²) in [6.07, 6.45) is 2.55. The minimum Gasteiger partial charge on any atom is -0.489 e. The number of benzene rings is 1. The molecule has 0 bridgehead atoms. The maximum atomic E-state index is 11.8. The minimum atomic E-state index is -0.234. The number of rotatable bonds is 5. The maximum Gasteiger partial charge on any atom is 0.409 e. The Hall–Kier alpha value is -1.91. The van der Waals surface area contributed by atoms with Crippen molar-refractivity contribution < 1.29 is 14.3 Å². The summed E-state index contributed by atoms with van der Waals surface area (Å²) in [7, 11) is 0. The number of carbonyl (C=O) groups is 1. The predicted octanol–water partition coefficient (Wildman–Crippen LogP) is 2.66. The Morgan fingerprint density at radius 1 is 1.40 bits per heavy atom. The molecule has 0 spiro atoms. The van der Waals surface area contributed by atoms with Crippen molar-refractivity contribution in [2.45, 2.75) is 32.3 Å². The highest BCUT2D eigenvalue weighted by Gasteiger charge is 2.28. The van der Waals surface area contributed by atoms with E-state index in [-0.39, 0.29) is 12.2 Å². The molecule has 5 nitrogen and oxygen atoms in total. The van der Waals surface area contributed by atoms with E-state index in [1.54, 1.807) is 17.0 Å². The van der Waals surface area contributed by atoms with Gasteiger partial charge in [-0.3, -0.25) is 0 Å². The lowest BCUT2D eigenvalue weighted by molar-refractivity contribution is 0.104. The summed E-state index contributed by atoms with van der Waals surface area (Å²) >= 11 is 0. The van der Waals surface area contributed by atoms with Gasteiger partial charge in [0.15, 0.2) is 0 Å². The van der Waals surface area contributed by atoms with Gasteiger partial charge in [-0.1, -0.05) is 13.3 Å². The van der Waals surface area contributed by atoms with Gasteiger partial charge in [0.05, 0.1) is 13.2 Å². The van der Waals surface area contributed by atoms with E-state index in [9.17, 15) is 4.79 Å². The third kappa shape index (κ3) is 4.05. The molecule has 1 saturated heterocycles. The van der Waals surface area contributed by atoms with Crippen LogP contribution in [0.25, 0.3) is 0 Å². The van der Waals surface area contributed by atoms with E-state index >= 15 is 0 Å². The SMILES string of the molecule is CCCCOC(=O)N1CC[C@@H](Oc2ccc(N)cc2)C1. The number of hydrogen-bond acceptors (Lipinski definition) is 4. The lowest BCUT2D eigenvalue weighted by Crippen LogP contribution is -2.31. The Kier molecular flexibility index (Phi) is 5.09. The van der Waals surface area contributed by atoms with Crippen molar-refractivity contribution >= 4 is 11.8 Å². The van der Waals surface area contributed by atoms with Gasteiger partial charge in [0, 0.05) is 18.7 Å². The molecule has 1 amide bonds. The summed E-state index contributed by atoms with van der Waals surface area (Å²) in [6.45, 7) is 3.83. The molecule has 2 rings (SSSR count). The van der Waals surface area contributed by atoms with Crippen LogP contribution in [0.3, 0.4) is 0 Å². The molecule has 0 radical (unpaired) electrons. The average Bonchev–Trinajstić information content (AvgIpc) is 2.90. The molecule has 5 heteroatoms. The molecule has 1 aliphatic heterocycles. The van der Waals surface area contributed by atoms with E-state index in [1.165, 1.54) is 0 Å². The molecule has 110 valence electrons. The number of amides is 1. The summed E-state index contributed by atoms with van der Waals surface area (Å²) in [5, 5.41) is 0. The van der Waals surface area contributed by atoms with Crippen molar-refractivity contribution in [2.75, 3.05) is 25.4 Å². The monoisotopic (exact) mass is 278 g/mol. The first kappa shape index (κ1) is 14.5. The normalized spacial score (nSPS) is 18.1.